The molecule has 2 amide bonds. The summed E-state index contributed by atoms with van der Waals surface area (Å²) in [6.45, 7) is 8.55. The summed E-state index contributed by atoms with van der Waals surface area (Å²) in [5, 5.41) is 20.8. The number of fused-ring (bicyclic) bond motifs is 1. The highest BCUT2D eigenvalue weighted by Crippen LogP contribution is 2.74. The van der Waals surface area contributed by atoms with E-state index in [1.54, 1.807) is 18.2 Å². The SMILES string of the molecule is CC(C)C1=C[C@]23CC[C@H]4[C@](C)(CCC[C@@]4(C)C(=O)O)[C@@H]2C[C@H]1[C@H]1C(=O)N(c2ccccc2O)C(=O)[C@H]13. The van der Waals surface area contributed by atoms with E-state index < -0.39 is 28.6 Å². The fourth-order valence-corrected chi connectivity index (χ4v) is 9.85. The number of phenolic OH excluding ortho intramolecular Hbond substituents is 1. The number of aromatic hydroxyl groups is 1. The fourth-order valence-electron chi connectivity index (χ4n) is 9.85. The maximum atomic E-state index is 14.2. The quantitative estimate of drug-likeness (QED) is 0.436. The molecule has 6 nitrogen and oxygen atoms in total. The molecule has 1 heterocycles. The van der Waals surface area contributed by atoms with Gasteiger partial charge in [0.15, 0.2) is 0 Å². The van der Waals surface area contributed by atoms with Crippen LogP contribution in [0.25, 0.3) is 0 Å². The van der Waals surface area contributed by atoms with Gasteiger partial charge in [-0.1, -0.05) is 51.0 Å². The zero-order chi connectivity index (χ0) is 25.8. The Morgan fingerprint density at radius 3 is 2.44 bits per heavy atom. The van der Waals surface area contributed by atoms with Gasteiger partial charge in [0.2, 0.25) is 11.8 Å². The molecule has 1 aromatic carbocycles. The first-order valence-corrected chi connectivity index (χ1v) is 13.6. The van der Waals surface area contributed by atoms with Crippen LogP contribution in [0.15, 0.2) is 35.9 Å². The van der Waals surface area contributed by atoms with Crippen LogP contribution in [0, 0.1) is 51.8 Å². The van der Waals surface area contributed by atoms with Crippen LogP contribution in [0.4, 0.5) is 5.69 Å². The second-order valence-electron chi connectivity index (χ2n) is 13.0. The highest BCUT2D eigenvalue weighted by atomic mass is 16.4. The Kier molecular flexibility index (Phi) is 4.92. The number of carboxylic acids is 1. The van der Waals surface area contributed by atoms with Gasteiger partial charge in [0.25, 0.3) is 0 Å². The van der Waals surface area contributed by atoms with Gasteiger partial charge in [0.1, 0.15) is 5.75 Å². The standard InChI is InChI=1S/C30H37NO5/c1-16(2)18-15-30-13-10-21-28(3,11-7-12-29(21,4)27(35)36)22(30)14-17(18)23-24(30)26(34)31(25(23)33)19-8-5-6-9-20(19)32/h5-6,8-9,15-17,21-24,32H,7,10-14H2,1-4H3,(H,35,36)/t17-,21+,22+,23-,24+,28+,29-,30-/m1/s1. The summed E-state index contributed by atoms with van der Waals surface area (Å²) in [5.41, 5.74) is 0.153. The Hall–Kier alpha value is -2.63. The molecule has 6 aliphatic rings. The fraction of sp³-hybridized carbons (Fsp3) is 0.633. The van der Waals surface area contributed by atoms with Crippen molar-refractivity contribution in [3.05, 3.63) is 35.9 Å². The number of rotatable bonds is 3. The molecule has 3 saturated carbocycles. The van der Waals surface area contributed by atoms with Crippen molar-refractivity contribution >= 4 is 23.5 Å². The molecule has 1 aromatic rings. The molecule has 6 heteroatoms. The molecule has 36 heavy (non-hydrogen) atoms. The Morgan fingerprint density at radius 1 is 1.06 bits per heavy atom. The first-order chi connectivity index (χ1) is 17.0. The number of nitrogens with zero attached hydrogens (tertiary/aromatic N) is 1. The summed E-state index contributed by atoms with van der Waals surface area (Å²) in [6.07, 6.45) is 7.24. The molecule has 0 unspecified atom stereocenters. The van der Waals surface area contributed by atoms with Crippen molar-refractivity contribution in [1.29, 1.82) is 0 Å². The van der Waals surface area contributed by atoms with Crippen LogP contribution in [0.3, 0.4) is 0 Å². The third-order valence-electron chi connectivity index (χ3n) is 11.3. The summed E-state index contributed by atoms with van der Waals surface area (Å²) in [6, 6.07) is 6.60. The van der Waals surface area contributed by atoms with Gasteiger partial charge in [-0.2, -0.15) is 0 Å². The lowest BCUT2D eigenvalue weighted by Crippen LogP contribution is -2.65. The van der Waals surface area contributed by atoms with Gasteiger partial charge in [0, 0.05) is 5.41 Å². The number of anilines is 1. The minimum absolute atomic E-state index is 0.0252. The number of hydrogen-bond donors (Lipinski definition) is 2. The van der Waals surface area contributed by atoms with Gasteiger partial charge in [-0.05, 0) is 80.2 Å². The minimum Gasteiger partial charge on any atom is -0.506 e. The molecule has 0 radical (unpaired) electrons. The Balaban J connectivity index is 1.50. The number of imide groups is 1. The Labute approximate surface area is 212 Å². The molecule has 0 aromatic heterocycles. The molecule has 4 fully saturated rings. The predicted molar refractivity (Wildman–Crippen MR) is 135 cm³/mol. The van der Waals surface area contributed by atoms with E-state index in [4.69, 9.17) is 0 Å². The number of phenols is 1. The molecule has 5 aliphatic carbocycles. The minimum atomic E-state index is -0.757. The summed E-state index contributed by atoms with van der Waals surface area (Å²) in [4.78, 5) is 41.9. The average molecular weight is 492 g/mol. The van der Waals surface area contributed by atoms with Crippen molar-refractivity contribution < 1.29 is 24.6 Å². The molecule has 192 valence electrons. The number of para-hydroxylation sites is 2. The van der Waals surface area contributed by atoms with Crippen LogP contribution in [-0.2, 0) is 14.4 Å². The number of aliphatic carboxylic acids is 1. The van der Waals surface area contributed by atoms with E-state index in [0.29, 0.717) is 6.42 Å². The smallest absolute Gasteiger partial charge is 0.309 e. The largest absolute Gasteiger partial charge is 0.506 e. The van der Waals surface area contributed by atoms with Crippen LogP contribution in [0.5, 0.6) is 5.75 Å². The van der Waals surface area contributed by atoms with E-state index in [-0.39, 0.29) is 52.3 Å². The van der Waals surface area contributed by atoms with Crippen LogP contribution in [0.1, 0.15) is 66.2 Å². The molecule has 1 saturated heterocycles. The number of hydrogen-bond acceptors (Lipinski definition) is 4. The van der Waals surface area contributed by atoms with Crippen LogP contribution >= 0.6 is 0 Å². The molecule has 7 rings (SSSR count). The highest BCUT2D eigenvalue weighted by Gasteiger charge is 2.73. The normalized spacial score (nSPS) is 43.2. The van der Waals surface area contributed by atoms with Crippen molar-refractivity contribution in [2.75, 3.05) is 4.90 Å². The number of amides is 2. The number of carbonyl (C=O) groups is 3. The second kappa shape index (κ2) is 7.45. The summed E-state index contributed by atoms with van der Waals surface area (Å²) >= 11 is 0. The highest BCUT2D eigenvalue weighted by molar-refractivity contribution is 6.23. The number of carbonyl (C=O) groups excluding carboxylic acids is 2. The number of carboxylic acid groups (broad SMARTS) is 1. The molecule has 1 aliphatic heterocycles. The van der Waals surface area contributed by atoms with Crippen LogP contribution < -0.4 is 4.90 Å². The lowest BCUT2D eigenvalue weighted by Gasteiger charge is -2.68. The topological polar surface area (TPSA) is 94.9 Å². The summed E-state index contributed by atoms with van der Waals surface area (Å²) < 4.78 is 0. The number of benzene rings is 1. The van der Waals surface area contributed by atoms with Gasteiger partial charge >= 0.3 is 5.97 Å². The van der Waals surface area contributed by atoms with E-state index in [0.717, 1.165) is 32.1 Å². The molecular weight excluding hydrogens is 454 g/mol. The van der Waals surface area contributed by atoms with Crippen molar-refractivity contribution in [2.45, 2.75) is 66.2 Å². The second-order valence-corrected chi connectivity index (χ2v) is 13.0. The average Bonchev–Trinajstić information content (AvgIpc) is 3.10. The van der Waals surface area contributed by atoms with E-state index in [1.165, 1.54) is 16.5 Å². The van der Waals surface area contributed by atoms with E-state index in [1.807, 2.05) is 6.92 Å². The van der Waals surface area contributed by atoms with E-state index in [9.17, 15) is 24.6 Å². The predicted octanol–water partition coefficient (Wildman–Crippen LogP) is 5.41. The zero-order valence-electron chi connectivity index (χ0n) is 21.7. The van der Waals surface area contributed by atoms with E-state index in [2.05, 4.69) is 26.8 Å². The molecule has 8 atom stereocenters. The third kappa shape index (κ3) is 2.71. The van der Waals surface area contributed by atoms with Gasteiger partial charge in [0.05, 0.1) is 22.9 Å². The lowest BCUT2D eigenvalue weighted by molar-refractivity contribution is -0.194. The number of allylic oxidation sites excluding steroid dienone is 2. The van der Waals surface area contributed by atoms with Gasteiger partial charge in [-0.25, -0.2) is 4.90 Å². The molecule has 2 bridgehead atoms. The third-order valence-corrected chi connectivity index (χ3v) is 11.3. The maximum Gasteiger partial charge on any atom is 0.309 e. The first-order valence-electron chi connectivity index (χ1n) is 13.6. The first kappa shape index (κ1) is 23.7. The van der Waals surface area contributed by atoms with Gasteiger partial charge in [-0.15, -0.1) is 0 Å². The van der Waals surface area contributed by atoms with Gasteiger partial charge < -0.3 is 10.2 Å². The van der Waals surface area contributed by atoms with Crippen molar-refractivity contribution in [2.24, 2.45) is 51.8 Å². The molecule has 1 spiro atoms. The molecule has 2 N–H and O–H groups in total. The van der Waals surface area contributed by atoms with Crippen LogP contribution in [-0.4, -0.2) is 28.0 Å². The summed E-state index contributed by atoms with van der Waals surface area (Å²) in [7, 11) is 0. The maximum absolute atomic E-state index is 14.2. The Bertz CT molecular complexity index is 1200. The lowest BCUT2D eigenvalue weighted by atomic mass is 9.34. The molecular formula is C30H37NO5. The van der Waals surface area contributed by atoms with Crippen molar-refractivity contribution in [1.82, 2.24) is 0 Å². The van der Waals surface area contributed by atoms with E-state index >= 15 is 0 Å². The van der Waals surface area contributed by atoms with Gasteiger partial charge in [-0.3, -0.25) is 14.4 Å². The van der Waals surface area contributed by atoms with Crippen molar-refractivity contribution in [3.63, 3.8) is 0 Å². The summed E-state index contributed by atoms with van der Waals surface area (Å²) in [5.74, 6) is -1.54. The zero-order valence-corrected chi connectivity index (χ0v) is 21.7. The Morgan fingerprint density at radius 2 is 1.78 bits per heavy atom. The van der Waals surface area contributed by atoms with Crippen LogP contribution in [0.2, 0.25) is 0 Å². The monoisotopic (exact) mass is 491 g/mol. The van der Waals surface area contributed by atoms with Crippen molar-refractivity contribution in [3.8, 4) is 5.75 Å².